The number of hydrogen-bond acceptors (Lipinski definition) is 3. The zero-order valence-electron chi connectivity index (χ0n) is 14.9. The number of amides is 1. The van der Waals surface area contributed by atoms with Gasteiger partial charge in [-0.15, -0.1) is 0 Å². The van der Waals surface area contributed by atoms with Crippen molar-refractivity contribution in [3.8, 4) is 0 Å². The third-order valence-electron chi connectivity index (χ3n) is 5.44. The molecule has 0 aromatic rings. The van der Waals surface area contributed by atoms with E-state index >= 15 is 0 Å². The summed E-state index contributed by atoms with van der Waals surface area (Å²) in [6.45, 7) is 14.1. The molecule has 0 aromatic heterocycles. The Hall–Kier alpha value is -0.610. The Bertz CT molecular complexity index is 331. The molecule has 2 aliphatic heterocycles. The molecule has 2 heterocycles. The quantitative estimate of drug-likeness (QED) is 0.754. The molecule has 0 spiro atoms. The van der Waals surface area contributed by atoms with Gasteiger partial charge in [0, 0.05) is 31.6 Å². The van der Waals surface area contributed by atoms with Gasteiger partial charge in [0.15, 0.2) is 0 Å². The van der Waals surface area contributed by atoms with Crippen LogP contribution in [0.15, 0.2) is 0 Å². The van der Waals surface area contributed by atoms with Crippen molar-refractivity contribution in [3.05, 3.63) is 0 Å². The fourth-order valence-corrected chi connectivity index (χ4v) is 3.79. The predicted octanol–water partition coefficient (Wildman–Crippen LogP) is 2.44. The van der Waals surface area contributed by atoms with Gasteiger partial charge in [-0.05, 0) is 72.6 Å². The summed E-state index contributed by atoms with van der Waals surface area (Å²) < 4.78 is 0. The third kappa shape index (κ3) is 4.95. The Balaban J connectivity index is 1.76. The maximum atomic E-state index is 12.8. The second-order valence-electron chi connectivity index (χ2n) is 7.22. The van der Waals surface area contributed by atoms with E-state index in [9.17, 15) is 4.79 Å². The fraction of sp³-hybridized carbons (Fsp3) is 0.944. The van der Waals surface area contributed by atoms with E-state index in [0.717, 1.165) is 45.6 Å². The van der Waals surface area contributed by atoms with Gasteiger partial charge in [-0.3, -0.25) is 4.79 Å². The third-order valence-corrected chi connectivity index (χ3v) is 5.44. The summed E-state index contributed by atoms with van der Waals surface area (Å²) in [5.74, 6) is 0.666. The largest absolute Gasteiger partial charge is 0.341 e. The highest BCUT2D eigenvalue weighted by molar-refractivity contribution is 5.79. The van der Waals surface area contributed by atoms with Crippen molar-refractivity contribution in [2.24, 2.45) is 5.92 Å². The van der Waals surface area contributed by atoms with Crippen LogP contribution in [-0.4, -0.2) is 72.5 Å². The minimum absolute atomic E-state index is 0.260. The number of carbonyl (C=O) groups excluding carboxylic acids is 1. The zero-order valence-corrected chi connectivity index (χ0v) is 14.9. The number of carbonyl (C=O) groups is 1. The molecule has 2 saturated heterocycles. The first-order chi connectivity index (χ1) is 10.6. The molecule has 0 atom stereocenters. The number of hydrogen-bond donors (Lipinski definition) is 0. The van der Waals surface area contributed by atoms with Gasteiger partial charge in [-0.1, -0.05) is 6.42 Å². The van der Waals surface area contributed by atoms with Gasteiger partial charge >= 0.3 is 0 Å². The first-order valence-corrected chi connectivity index (χ1v) is 9.37. The number of piperidine rings is 2. The molecule has 0 unspecified atom stereocenters. The van der Waals surface area contributed by atoms with Gasteiger partial charge in [0.05, 0.1) is 0 Å². The highest BCUT2D eigenvalue weighted by Crippen LogP contribution is 2.21. The van der Waals surface area contributed by atoms with E-state index < -0.39 is 0 Å². The standard InChI is InChI=1S/C18H35N3O/c1-4-20(15-14-19-10-6-5-7-11-19)18(22)17-8-12-21(13-9-17)16(2)3/h16-17H,4-15H2,1-3H3. The summed E-state index contributed by atoms with van der Waals surface area (Å²) in [6.07, 6.45) is 6.11. The molecule has 0 bridgehead atoms. The molecule has 0 radical (unpaired) electrons. The van der Waals surface area contributed by atoms with Crippen LogP contribution in [0.4, 0.5) is 0 Å². The van der Waals surface area contributed by atoms with Crippen molar-refractivity contribution < 1.29 is 4.79 Å². The second kappa shape index (κ2) is 8.88. The molecule has 4 nitrogen and oxygen atoms in total. The topological polar surface area (TPSA) is 26.8 Å². The predicted molar refractivity (Wildman–Crippen MR) is 92.0 cm³/mol. The van der Waals surface area contributed by atoms with Crippen molar-refractivity contribution in [2.45, 2.75) is 58.9 Å². The van der Waals surface area contributed by atoms with Crippen LogP contribution in [0.5, 0.6) is 0 Å². The average molecular weight is 309 g/mol. The van der Waals surface area contributed by atoms with Crippen LogP contribution in [0.3, 0.4) is 0 Å². The van der Waals surface area contributed by atoms with Gasteiger partial charge in [-0.2, -0.15) is 0 Å². The van der Waals surface area contributed by atoms with Crippen LogP contribution in [0.2, 0.25) is 0 Å². The maximum absolute atomic E-state index is 12.8. The second-order valence-corrected chi connectivity index (χ2v) is 7.22. The molecule has 2 rings (SSSR count). The van der Waals surface area contributed by atoms with Crippen LogP contribution >= 0.6 is 0 Å². The summed E-state index contributed by atoms with van der Waals surface area (Å²) in [5.41, 5.74) is 0. The van der Waals surface area contributed by atoms with Crippen LogP contribution < -0.4 is 0 Å². The van der Waals surface area contributed by atoms with Crippen LogP contribution in [0, 0.1) is 5.92 Å². The highest BCUT2D eigenvalue weighted by atomic mass is 16.2. The summed E-state index contributed by atoms with van der Waals surface area (Å²) in [4.78, 5) is 19.9. The number of rotatable bonds is 6. The smallest absolute Gasteiger partial charge is 0.225 e. The fourth-order valence-electron chi connectivity index (χ4n) is 3.79. The van der Waals surface area contributed by atoms with Crippen molar-refractivity contribution >= 4 is 5.91 Å². The Morgan fingerprint density at radius 1 is 1.09 bits per heavy atom. The molecular weight excluding hydrogens is 274 g/mol. The molecule has 4 heteroatoms. The van der Waals surface area contributed by atoms with E-state index in [2.05, 4.69) is 35.5 Å². The summed E-state index contributed by atoms with van der Waals surface area (Å²) in [7, 11) is 0. The molecule has 22 heavy (non-hydrogen) atoms. The average Bonchev–Trinajstić information content (AvgIpc) is 2.56. The molecule has 0 aromatic carbocycles. The van der Waals surface area contributed by atoms with E-state index in [1.54, 1.807) is 0 Å². The first-order valence-electron chi connectivity index (χ1n) is 9.37. The Labute approximate surface area is 136 Å². The molecule has 128 valence electrons. The van der Waals surface area contributed by atoms with E-state index in [4.69, 9.17) is 0 Å². The molecule has 0 saturated carbocycles. The van der Waals surface area contributed by atoms with E-state index in [0.29, 0.717) is 11.9 Å². The van der Waals surface area contributed by atoms with E-state index in [1.165, 1.54) is 32.4 Å². The Kier molecular flexibility index (Phi) is 7.16. The molecule has 1 amide bonds. The molecule has 2 fully saturated rings. The first kappa shape index (κ1) is 17.7. The zero-order chi connectivity index (χ0) is 15.9. The molecular formula is C18H35N3O. The number of nitrogens with zero attached hydrogens (tertiary/aromatic N) is 3. The molecule has 0 N–H and O–H groups in total. The normalized spacial score (nSPS) is 22.2. The summed E-state index contributed by atoms with van der Waals surface area (Å²) >= 11 is 0. The van der Waals surface area contributed by atoms with Crippen molar-refractivity contribution in [1.29, 1.82) is 0 Å². The monoisotopic (exact) mass is 309 g/mol. The number of likely N-dealkylation sites (tertiary alicyclic amines) is 2. The summed E-state index contributed by atoms with van der Waals surface area (Å²) in [5, 5.41) is 0. The van der Waals surface area contributed by atoms with Gasteiger partial charge < -0.3 is 14.7 Å². The Morgan fingerprint density at radius 3 is 2.27 bits per heavy atom. The van der Waals surface area contributed by atoms with Gasteiger partial charge in [0.1, 0.15) is 0 Å². The van der Waals surface area contributed by atoms with Gasteiger partial charge in [0.25, 0.3) is 0 Å². The van der Waals surface area contributed by atoms with Crippen LogP contribution in [-0.2, 0) is 4.79 Å². The van der Waals surface area contributed by atoms with Crippen molar-refractivity contribution in [1.82, 2.24) is 14.7 Å². The van der Waals surface area contributed by atoms with Gasteiger partial charge in [-0.25, -0.2) is 0 Å². The maximum Gasteiger partial charge on any atom is 0.225 e. The van der Waals surface area contributed by atoms with E-state index in [1.807, 2.05) is 0 Å². The minimum atomic E-state index is 0.260. The molecule has 0 aliphatic carbocycles. The number of likely N-dealkylation sites (N-methyl/N-ethyl adjacent to an activating group) is 1. The van der Waals surface area contributed by atoms with Crippen LogP contribution in [0.25, 0.3) is 0 Å². The minimum Gasteiger partial charge on any atom is -0.341 e. The van der Waals surface area contributed by atoms with Crippen LogP contribution in [0.1, 0.15) is 52.9 Å². The SMILES string of the molecule is CCN(CCN1CCCCC1)C(=O)C1CCN(C(C)C)CC1. The van der Waals surface area contributed by atoms with Crippen molar-refractivity contribution in [2.75, 3.05) is 45.8 Å². The van der Waals surface area contributed by atoms with Gasteiger partial charge in [0.2, 0.25) is 5.91 Å². The lowest BCUT2D eigenvalue weighted by Crippen LogP contribution is -2.46. The molecule has 2 aliphatic rings. The van der Waals surface area contributed by atoms with E-state index in [-0.39, 0.29) is 5.92 Å². The lowest BCUT2D eigenvalue weighted by molar-refractivity contribution is -0.137. The Morgan fingerprint density at radius 2 is 1.73 bits per heavy atom. The highest BCUT2D eigenvalue weighted by Gasteiger charge is 2.28. The summed E-state index contributed by atoms with van der Waals surface area (Å²) in [6, 6.07) is 0.609. The lowest BCUT2D eigenvalue weighted by atomic mass is 9.94. The lowest BCUT2D eigenvalue weighted by Gasteiger charge is -2.36. The van der Waals surface area contributed by atoms with Crippen molar-refractivity contribution in [3.63, 3.8) is 0 Å².